The van der Waals surface area contributed by atoms with E-state index in [1.165, 1.54) is 17.7 Å². The number of carbonyl (C=O) groups excluding carboxylic acids is 1. The molecule has 0 aliphatic carbocycles. The number of halogens is 1. The van der Waals surface area contributed by atoms with Gasteiger partial charge in [-0.1, -0.05) is 12.1 Å². The fourth-order valence-electron chi connectivity index (χ4n) is 3.33. The van der Waals surface area contributed by atoms with E-state index in [4.69, 9.17) is 4.74 Å². The standard InChI is InChI=1S/C18H18FN5O2/c1-18(17(25)26-2)9-10-23(11-18)15-8-7-14-20-21-16(24(14)22-15)12-5-3-4-6-13(12)19/h3-8H,9-11H2,1-2H3. The Morgan fingerprint density at radius 3 is 2.81 bits per heavy atom. The molecule has 1 aliphatic heterocycles. The smallest absolute Gasteiger partial charge is 0.313 e. The van der Waals surface area contributed by atoms with Crippen LogP contribution in [-0.2, 0) is 9.53 Å². The summed E-state index contributed by atoms with van der Waals surface area (Å²) in [4.78, 5) is 14.0. The van der Waals surface area contributed by atoms with Crippen molar-refractivity contribution in [3.05, 3.63) is 42.2 Å². The maximum Gasteiger partial charge on any atom is 0.313 e. The van der Waals surface area contributed by atoms with E-state index in [1.807, 2.05) is 17.9 Å². The molecule has 1 atom stereocenters. The molecule has 7 nitrogen and oxygen atoms in total. The van der Waals surface area contributed by atoms with Crippen molar-refractivity contribution < 1.29 is 13.9 Å². The zero-order valence-corrected chi connectivity index (χ0v) is 14.5. The third-order valence-electron chi connectivity index (χ3n) is 4.84. The molecule has 3 heterocycles. The van der Waals surface area contributed by atoms with Gasteiger partial charge in [0, 0.05) is 13.1 Å². The maximum atomic E-state index is 14.1. The van der Waals surface area contributed by atoms with E-state index in [9.17, 15) is 9.18 Å². The quantitative estimate of drug-likeness (QED) is 0.672. The summed E-state index contributed by atoms with van der Waals surface area (Å²) in [6.45, 7) is 3.08. The largest absolute Gasteiger partial charge is 0.469 e. The number of fused-ring (bicyclic) bond motifs is 1. The molecule has 0 spiro atoms. The number of benzene rings is 1. The third-order valence-corrected chi connectivity index (χ3v) is 4.84. The molecule has 1 saturated heterocycles. The van der Waals surface area contributed by atoms with Crippen molar-refractivity contribution in [3.63, 3.8) is 0 Å². The van der Waals surface area contributed by atoms with Gasteiger partial charge in [0.25, 0.3) is 0 Å². The maximum absolute atomic E-state index is 14.1. The predicted octanol–water partition coefficient (Wildman–Crippen LogP) is 2.32. The van der Waals surface area contributed by atoms with E-state index in [2.05, 4.69) is 15.3 Å². The van der Waals surface area contributed by atoms with Crippen molar-refractivity contribution in [1.29, 1.82) is 0 Å². The first-order chi connectivity index (χ1) is 12.5. The average Bonchev–Trinajstić information content (AvgIpc) is 3.25. The van der Waals surface area contributed by atoms with Gasteiger partial charge in [-0.05, 0) is 37.6 Å². The number of aromatic nitrogens is 4. The highest BCUT2D eigenvalue weighted by atomic mass is 19.1. The van der Waals surface area contributed by atoms with Gasteiger partial charge in [0.1, 0.15) is 11.6 Å². The van der Waals surface area contributed by atoms with E-state index in [1.54, 1.807) is 24.3 Å². The average molecular weight is 355 g/mol. The van der Waals surface area contributed by atoms with Crippen LogP contribution in [0.5, 0.6) is 0 Å². The Morgan fingerprint density at radius 2 is 2.04 bits per heavy atom. The lowest BCUT2D eigenvalue weighted by Crippen LogP contribution is -2.33. The molecule has 2 aromatic heterocycles. The van der Waals surface area contributed by atoms with Crippen LogP contribution in [-0.4, -0.2) is 46.0 Å². The summed E-state index contributed by atoms with van der Waals surface area (Å²) in [6, 6.07) is 10.0. The van der Waals surface area contributed by atoms with Crippen LogP contribution in [0.15, 0.2) is 36.4 Å². The fraction of sp³-hybridized carbons (Fsp3) is 0.333. The van der Waals surface area contributed by atoms with Crippen LogP contribution in [0, 0.1) is 11.2 Å². The Kier molecular flexibility index (Phi) is 3.82. The summed E-state index contributed by atoms with van der Waals surface area (Å²) in [5.41, 5.74) is 0.305. The van der Waals surface area contributed by atoms with Crippen LogP contribution in [0.3, 0.4) is 0 Å². The minimum absolute atomic E-state index is 0.225. The molecule has 3 aromatic rings. The molecule has 1 unspecified atom stereocenters. The predicted molar refractivity (Wildman–Crippen MR) is 93.1 cm³/mol. The molecule has 0 saturated carbocycles. The Labute approximate surface area is 149 Å². The minimum atomic E-state index is -0.563. The molecule has 8 heteroatoms. The number of hydrogen-bond donors (Lipinski definition) is 0. The Hall–Kier alpha value is -3.03. The van der Waals surface area contributed by atoms with Gasteiger partial charge in [0.15, 0.2) is 11.5 Å². The highest BCUT2D eigenvalue weighted by Crippen LogP contribution is 2.33. The van der Waals surface area contributed by atoms with Crippen molar-refractivity contribution in [2.75, 3.05) is 25.1 Å². The van der Waals surface area contributed by atoms with E-state index in [0.29, 0.717) is 42.4 Å². The summed E-state index contributed by atoms with van der Waals surface area (Å²) < 4.78 is 20.6. The summed E-state index contributed by atoms with van der Waals surface area (Å²) in [6.07, 6.45) is 0.682. The zero-order valence-electron chi connectivity index (χ0n) is 14.5. The molecular formula is C18H18FN5O2. The molecule has 0 N–H and O–H groups in total. The van der Waals surface area contributed by atoms with E-state index in [-0.39, 0.29) is 11.8 Å². The van der Waals surface area contributed by atoms with Crippen LogP contribution in [0.1, 0.15) is 13.3 Å². The first kappa shape index (κ1) is 16.4. The van der Waals surface area contributed by atoms with E-state index in [0.717, 1.165) is 0 Å². The van der Waals surface area contributed by atoms with Crippen LogP contribution >= 0.6 is 0 Å². The molecule has 4 rings (SSSR count). The Bertz CT molecular complexity index is 989. The molecule has 1 fully saturated rings. The first-order valence-corrected chi connectivity index (χ1v) is 8.32. The number of esters is 1. The van der Waals surface area contributed by atoms with Crippen LogP contribution in [0.4, 0.5) is 10.2 Å². The molecule has 0 bridgehead atoms. The number of methoxy groups -OCH3 is 1. The zero-order chi connectivity index (χ0) is 18.3. The molecule has 0 amide bonds. The molecule has 1 aliphatic rings. The molecule has 1 aromatic carbocycles. The number of carbonyl (C=O) groups is 1. The number of nitrogens with zero attached hydrogens (tertiary/aromatic N) is 5. The molecule has 0 radical (unpaired) electrons. The first-order valence-electron chi connectivity index (χ1n) is 8.32. The van der Waals surface area contributed by atoms with E-state index < -0.39 is 5.41 Å². The van der Waals surface area contributed by atoms with Crippen molar-refractivity contribution in [2.24, 2.45) is 5.41 Å². The number of anilines is 1. The van der Waals surface area contributed by atoms with Gasteiger partial charge in [-0.25, -0.2) is 4.39 Å². The van der Waals surface area contributed by atoms with Crippen LogP contribution < -0.4 is 4.90 Å². The minimum Gasteiger partial charge on any atom is -0.469 e. The van der Waals surface area contributed by atoms with Crippen molar-refractivity contribution in [2.45, 2.75) is 13.3 Å². The highest BCUT2D eigenvalue weighted by molar-refractivity contribution is 5.78. The van der Waals surface area contributed by atoms with Gasteiger partial charge in [-0.3, -0.25) is 4.79 Å². The second-order valence-corrected chi connectivity index (χ2v) is 6.69. The lowest BCUT2D eigenvalue weighted by Gasteiger charge is -2.22. The normalized spacial score (nSPS) is 19.9. The van der Waals surface area contributed by atoms with Gasteiger partial charge in [-0.2, -0.15) is 4.52 Å². The van der Waals surface area contributed by atoms with Crippen molar-refractivity contribution in [3.8, 4) is 11.4 Å². The second-order valence-electron chi connectivity index (χ2n) is 6.69. The summed E-state index contributed by atoms with van der Waals surface area (Å²) in [5.74, 6) is 0.420. The Morgan fingerprint density at radius 1 is 1.23 bits per heavy atom. The summed E-state index contributed by atoms with van der Waals surface area (Å²) in [7, 11) is 1.40. The van der Waals surface area contributed by atoms with Gasteiger partial charge >= 0.3 is 5.97 Å². The lowest BCUT2D eigenvalue weighted by molar-refractivity contribution is -0.150. The summed E-state index contributed by atoms with van der Waals surface area (Å²) >= 11 is 0. The fourth-order valence-corrected chi connectivity index (χ4v) is 3.33. The topological polar surface area (TPSA) is 72.6 Å². The van der Waals surface area contributed by atoms with Gasteiger partial charge in [0.2, 0.25) is 0 Å². The van der Waals surface area contributed by atoms with Gasteiger partial charge in [0.05, 0.1) is 18.1 Å². The second kappa shape index (κ2) is 6.05. The van der Waals surface area contributed by atoms with Gasteiger partial charge < -0.3 is 9.64 Å². The van der Waals surface area contributed by atoms with Crippen LogP contribution in [0.2, 0.25) is 0 Å². The van der Waals surface area contributed by atoms with Crippen LogP contribution in [0.25, 0.3) is 17.0 Å². The van der Waals surface area contributed by atoms with Gasteiger partial charge in [-0.15, -0.1) is 15.3 Å². The number of rotatable bonds is 3. The van der Waals surface area contributed by atoms with E-state index >= 15 is 0 Å². The molecule has 26 heavy (non-hydrogen) atoms. The SMILES string of the molecule is COC(=O)C1(C)CCN(c2ccc3nnc(-c4ccccc4F)n3n2)C1. The number of ether oxygens (including phenoxy) is 1. The number of hydrogen-bond acceptors (Lipinski definition) is 6. The lowest BCUT2D eigenvalue weighted by atomic mass is 9.90. The summed E-state index contributed by atoms with van der Waals surface area (Å²) in [5, 5.41) is 12.7. The monoisotopic (exact) mass is 355 g/mol. The molecular weight excluding hydrogens is 337 g/mol. The third kappa shape index (κ3) is 2.58. The highest BCUT2D eigenvalue weighted by Gasteiger charge is 2.42. The molecule has 134 valence electrons. The van der Waals surface area contributed by atoms with Crippen molar-refractivity contribution in [1.82, 2.24) is 19.8 Å². The Balaban J connectivity index is 1.72. The van der Waals surface area contributed by atoms with Crippen molar-refractivity contribution >= 4 is 17.4 Å².